The van der Waals surface area contributed by atoms with E-state index in [1.165, 1.54) is 11.1 Å². The Morgan fingerprint density at radius 3 is 2.67 bits per heavy atom. The second-order valence-electron chi connectivity index (χ2n) is 4.64. The molecule has 18 heavy (non-hydrogen) atoms. The van der Waals surface area contributed by atoms with Gasteiger partial charge in [0, 0.05) is 42.8 Å². The Bertz CT molecular complexity index is 403. The smallest absolute Gasteiger partial charge is 0.123 e. The Kier molecular flexibility index (Phi) is 5.03. The Hall–Kier alpha value is -0.580. The van der Waals surface area contributed by atoms with Crippen molar-refractivity contribution in [3.8, 4) is 5.75 Å². The molecule has 0 amide bonds. The van der Waals surface area contributed by atoms with Crippen molar-refractivity contribution in [1.82, 2.24) is 10.2 Å². The maximum Gasteiger partial charge on any atom is 0.123 e. The van der Waals surface area contributed by atoms with Crippen LogP contribution in [-0.2, 0) is 13.0 Å². The minimum absolute atomic E-state index is 0.984. The van der Waals surface area contributed by atoms with Crippen LogP contribution in [0.15, 0.2) is 16.6 Å². The first-order valence-corrected chi connectivity index (χ1v) is 7.32. The van der Waals surface area contributed by atoms with Crippen molar-refractivity contribution in [2.45, 2.75) is 19.9 Å². The number of halogens is 1. The number of hydrogen-bond acceptors (Lipinski definition) is 3. The van der Waals surface area contributed by atoms with Gasteiger partial charge >= 0.3 is 0 Å². The molecule has 1 fully saturated rings. The molecule has 1 aliphatic rings. The summed E-state index contributed by atoms with van der Waals surface area (Å²) in [5.41, 5.74) is 2.57. The van der Waals surface area contributed by atoms with Crippen LogP contribution >= 0.6 is 15.9 Å². The molecule has 0 atom stereocenters. The highest BCUT2D eigenvalue weighted by molar-refractivity contribution is 9.10. The van der Waals surface area contributed by atoms with Crippen LogP contribution in [0.1, 0.15) is 18.1 Å². The Balaban J connectivity index is 2.15. The third kappa shape index (κ3) is 3.25. The fourth-order valence-electron chi connectivity index (χ4n) is 2.41. The van der Waals surface area contributed by atoms with Crippen LogP contribution < -0.4 is 10.1 Å². The summed E-state index contributed by atoms with van der Waals surface area (Å²) < 4.78 is 6.65. The molecule has 1 aromatic rings. The molecule has 0 unspecified atom stereocenters. The number of benzene rings is 1. The Labute approximate surface area is 118 Å². The van der Waals surface area contributed by atoms with Gasteiger partial charge in [0.2, 0.25) is 0 Å². The van der Waals surface area contributed by atoms with E-state index >= 15 is 0 Å². The van der Waals surface area contributed by atoms with E-state index in [2.05, 4.69) is 45.2 Å². The van der Waals surface area contributed by atoms with Crippen LogP contribution in [0.4, 0.5) is 0 Å². The first-order valence-electron chi connectivity index (χ1n) is 6.53. The second-order valence-corrected chi connectivity index (χ2v) is 5.49. The van der Waals surface area contributed by atoms with Crippen LogP contribution in [-0.4, -0.2) is 38.2 Å². The van der Waals surface area contributed by atoms with E-state index in [4.69, 9.17) is 4.74 Å². The second kappa shape index (κ2) is 6.55. The van der Waals surface area contributed by atoms with Crippen molar-refractivity contribution >= 4 is 15.9 Å². The zero-order chi connectivity index (χ0) is 13.0. The fourth-order valence-corrected chi connectivity index (χ4v) is 3.18. The van der Waals surface area contributed by atoms with Crippen molar-refractivity contribution in [3.63, 3.8) is 0 Å². The average molecular weight is 313 g/mol. The zero-order valence-corrected chi connectivity index (χ0v) is 12.7. The van der Waals surface area contributed by atoms with Gasteiger partial charge in [-0.1, -0.05) is 22.9 Å². The van der Waals surface area contributed by atoms with E-state index in [1.807, 2.05) is 0 Å². The van der Waals surface area contributed by atoms with Crippen molar-refractivity contribution in [3.05, 3.63) is 27.7 Å². The largest absolute Gasteiger partial charge is 0.496 e. The summed E-state index contributed by atoms with van der Waals surface area (Å²) in [5.74, 6) is 0.997. The summed E-state index contributed by atoms with van der Waals surface area (Å²) in [5, 5.41) is 3.38. The molecule has 1 saturated heterocycles. The number of piperazine rings is 1. The quantitative estimate of drug-likeness (QED) is 0.924. The average Bonchev–Trinajstić information content (AvgIpc) is 2.39. The summed E-state index contributed by atoms with van der Waals surface area (Å²) in [4.78, 5) is 2.48. The molecule has 0 saturated carbocycles. The SMILES string of the molecule is CCc1c(Br)cc(CN2CCNCC2)cc1OC. The molecule has 1 heterocycles. The molecule has 0 bridgehead atoms. The van der Waals surface area contributed by atoms with E-state index in [9.17, 15) is 0 Å². The lowest BCUT2D eigenvalue weighted by atomic mass is 10.1. The van der Waals surface area contributed by atoms with E-state index in [1.54, 1.807) is 7.11 Å². The number of nitrogens with one attached hydrogen (secondary N) is 1. The first-order chi connectivity index (χ1) is 8.74. The van der Waals surface area contributed by atoms with Gasteiger partial charge in [-0.15, -0.1) is 0 Å². The summed E-state index contributed by atoms with van der Waals surface area (Å²) in [7, 11) is 1.75. The van der Waals surface area contributed by atoms with Gasteiger partial charge in [0.25, 0.3) is 0 Å². The van der Waals surface area contributed by atoms with Crippen LogP contribution in [0.5, 0.6) is 5.75 Å². The van der Waals surface area contributed by atoms with Crippen LogP contribution in [0, 0.1) is 0 Å². The van der Waals surface area contributed by atoms with Gasteiger partial charge in [0.1, 0.15) is 5.75 Å². The van der Waals surface area contributed by atoms with Gasteiger partial charge in [-0.2, -0.15) is 0 Å². The molecule has 100 valence electrons. The molecular formula is C14H21BrN2O. The Morgan fingerprint density at radius 1 is 1.33 bits per heavy atom. The minimum atomic E-state index is 0.984. The third-order valence-electron chi connectivity index (χ3n) is 3.40. The van der Waals surface area contributed by atoms with E-state index in [0.717, 1.165) is 49.4 Å². The summed E-state index contributed by atoms with van der Waals surface area (Å²) >= 11 is 3.65. The lowest BCUT2D eigenvalue weighted by molar-refractivity contribution is 0.233. The number of ether oxygens (including phenoxy) is 1. The molecule has 0 radical (unpaired) electrons. The number of hydrogen-bond donors (Lipinski definition) is 1. The van der Waals surface area contributed by atoms with E-state index < -0.39 is 0 Å². The summed E-state index contributed by atoms with van der Waals surface area (Å²) in [6, 6.07) is 4.40. The monoisotopic (exact) mass is 312 g/mol. The van der Waals surface area contributed by atoms with Gasteiger partial charge in [-0.25, -0.2) is 0 Å². The zero-order valence-electron chi connectivity index (χ0n) is 11.1. The highest BCUT2D eigenvalue weighted by atomic mass is 79.9. The van der Waals surface area contributed by atoms with Crippen molar-refractivity contribution in [1.29, 1.82) is 0 Å². The lowest BCUT2D eigenvalue weighted by Crippen LogP contribution is -2.42. The highest BCUT2D eigenvalue weighted by Gasteiger charge is 2.13. The van der Waals surface area contributed by atoms with Crippen molar-refractivity contribution < 1.29 is 4.74 Å². The molecule has 0 spiro atoms. The van der Waals surface area contributed by atoms with Crippen LogP contribution in [0.2, 0.25) is 0 Å². The molecule has 2 rings (SSSR count). The maximum atomic E-state index is 5.49. The minimum Gasteiger partial charge on any atom is -0.496 e. The normalized spacial score (nSPS) is 16.8. The Morgan fingerprint density at radius 2 is 2.06 bits per heavy atom. The number of nitrogens with zero attached hydrogens (tertiary/aromatic N) is 1. The number of methoxy groups -OCH3 is 1. The van der Waals surface area contributed by atoms with Gasteiger partial charge in [-0.05, 0) is 24.1 Å². The summed E-state index contributed by atoms with van der Waals surface area (Å²) in [6.45, 7) is 7.57. The molecule has 3 nitrogen and oxygen atoms in total. The fraction of sp³-hybridized carbons (Fsp3) is 0.571. The maximum absolute atomic E-state index is 5.49. The molecule has 0 aromatic heterocycles. The van der Waals surface area contributed by atoms with Gasteiger partial charge in [-0.3, -0.25) is 4.90 Å². The standard InChI is InChI=1S/C14H21BrN2O/c1-3-12-13(15)8-11(9-14(12)18-2)10-17-6-4-16-5-7-17/h8-9,16H,3-7,10H2,1-2H3. The summed E-state index contributed by atoms with van der Waals surface area (Å²) in [6.07, 6.45) is 0.984. The predicted octanol–water partition coefficient (Wildman–Crippen LogP) is 2.43. The van der Waals surface area contributed by atoms with Gasteiger partial charge in [0.15, 0.2) is 0 Å². The molecular weight excluding hydrogens is 292 g/mol. The third-order valence-corrected chi connectivity index (χ3v) is 4.11. The van der Waals surface area contributed by atoms with E-state index in [0.29, 0.717) is 0 Å². The number of rotatable bonds is 4. The highest BCUT2D eigenvalue weighted by Crippen LogP contribution is 2.29. The first kappa shape index (κ1) is 13.8. The van der Waals surface area contributed by atoms with Crippen LogP contribution in [0.25, 0.3) is 0 Å². The molecule has 0 aliphatic carbocycles. The van der Waals surface area contributed by atoms with Crippen molar-refractivity contribution in [2.24, 2.45) is 0 Å². The lowest BCUT2D eigenvalue weighted by Gasteiger charge is -2.27. The topological polar surface area (TPSA) is 24.5 Å². The van der Waals surface area contributed by atoms with Crippen LogP contribution in [0.3, 0.4) is 0 Å². The molecule has 1 aromatic carbocycles. The predicted molar refractivity (Wildman–Crippen MR) is 78.2 cm³/mol. The van der Waals surface area contributed by atoms with Gasteiger partial charge < -0.3 is 10.1 Å². The molecule has 4 heteroatoms. The molecule has 1 aliphatic heterocycles. The van der Waals surface area contributed by atoms with Crippen molar-refractivity contribution in [2.75, 3.05) is 33.3 Å². The van der Waals surface area contributed by atoms with E-state index in [-0.39, 0.29) is 0 Å². The van der Waals surface area contributed by atoms with Gasteiger partial charge in [0.05, 0.1) is 7.11 Å². The molecule has 1 N–H and O–H groups in total.